The van der Waals surface area contributed by atoms with Crippen molar-refractivity contribution in [2.45, 2.75) is 25.8 Å². The Morgan fingerprint density at radius 2 is 1.67 bits per heavy atom. The van der Waals surface area contributed by atoms with Gasteiger partial charge in [0, 0.05) is 0 Å². The lowest BCUT2D eigenvalue weighted by Gasteiger charge is -2.25. The van der Waals surface area contributed by atoms with Crippen LogP contribution in [0.5, 0.6) is 0 Å². The number of halogens is 1. The third kappa shape index (κ3) is 5.13. The first-order chi connectivity index (χ1) is 6.41. The molecule has 5 nitrogen and oxygen atoms in total. The second kappa shape index (κ2) is 7.64. The van der Waals surface area contributed by atoms with Gasteiger partial charge >= 0.3 is 11.9 Å². The second-order valence-corrected chi connectivity index (χ2v) is 3.48. The summed E-state index contributed by atoms with van der Waals surface area (Å²) in [6.45, 7) is 1.84. The van der Waals surface area contributed by atoms with E-state index < -0.39 is 23.9 Å². The molecule has 6 heteroatoms. The summed E-state index contributed by atoms with van der Waals surface area (Å²) in [7, 11) is 3.15. The largest absolute Gasteiger partial charge is 0.481 e. The smallest absolute Gasteiger partial charge is 0.321 e. The highest BCUT2D eigenvalue weighted by atomic mass is 79.9. The number of carboxylic acid groups (broad SMARTS) is 2. The van der Waals surface area contributed by atoms with Gasteiger partial charge in [-0.3, -0.25) is 14.5 Å². The van der Waals surface area contributed by atoms with Gasteiger partial charge in [-0.05, 0) is 20.5 Å². The van der Waals surface area contributed by atoms with E-state index in [0.29, 0.717) is 12.8 Å². The van der Waals surface area contributed by atoms with Crippen LogP contribution >= 0.6 is 17.0 Å². The van der Waals surface area contributed by atoms with Crippen molar-refractivity contribution in [2.24, 2.45) is 5.92 Å². The quantitative estimate of drug-likeness (QED) is 0.763. The molecule has 2 atom stereocenters. The van der Waals surface area contributed by atoms with Crippen LogP contribution in [0.4, 0.5) is 0 Å². The zero-order valence-corrected chi connectivity index (χ0v) is 10.8. The summed E-state index contributed by atoms with van der Waals surface area (Å²) in [5.41, 5.74) is 0. The predicted octanol–water partition coefficient (Wildman–Crippen LogP) is 1.08. The molecule has 0 unspecified atom stereocenters. The van der Waals surface area contributed by atoms with Crippen LogP contribution in [-0.2, 0) is 9.59 Å². The Kier molecular flexibility index (Phi) is 8.56. The average molecular weight is 284 g/mol. The summed E-state index contributed by atoms with van der Waals surface area (Å²) < 4.78 is 0. The number of hydrogen-bond donors (Lipinski definition) is 2. The number of likely N-dealkylation sites (N-methyl/N-ethyl adjacent to an activating group) is 1. The molecule has 15 heavy (non-hydrogen) atoms. The first-order valence-electron chi connectivity index (χ1n) is 4.53. The zero-order chi connectivity index (χ0) is 11.3. The molecule has 0 fully saturated rings. The van der Waals surface area contributed by atoms with E-state index in [0.717, 1.165) is 0 Å². The van der Waals surface area contributed by atoms with Gasteiger partial charge < -0.3 is 10.2 Å². The summed E-state index contributed by atoms with van der Waals surface area (Å²) >= 11 is 0. The van der Waals surface area contributed by atoms with Gasteiger partial charge in [0.2, 0.25) is 0 Å². The molecule has 0 amide bonds. The van der Waals surface area contributed by atoms with Crippen LogP contribution < -0.4 is 0 Å². The van der Waals surface area contributed by atoms with Gasteiger partial charge in [-0.1, -0.05) is 13.3 Å². The van der Waals surface area contributed by atoms with Gasteiger partial charge in [-0.25, -0.2) is 0 Å². The Morgan fingerprint density at radius 1 is 1.20 bits per heavy atom. The van der Waals surface area contributed by atoms with Gasteiger partial charge in [-0.2, -0.15) is 0 Å². The third-order valence-electron chi connectivity index (χ3n) is 2.11. The van der Waals surface area contributed by atoms with Crippen molar-refractivity contribution in [1.82, 2.24) is 4.90 Å². The van der Waals surface area contributed by atoms with Gasteiger partial charge in [0.15, 0.2) is 0 Å². The van der Waals surface area contributed by atoms with E-state index in [1.165, 1.54) is 4.90 Å². The molecule has 0 rings (SSSR count). The lowest BCUT2D eigenvalue weighted by molar-refractivity contribution is -0.154. The van der Waals surface area contributed by atoms with Crippen molar-refractivity contribution < 1.29 is 19.8 Å². The number of carbonyl (C=O) groups is 2. The van der Waals surface area contributed by atoms with Crippen LogP contribution in [0, 0.1) is 5.92 Å². The van der Waals surface area contributed by atoms with Crippen molar-refractivity contribution in [2.75, 3.05) is 14.1 Å². The molecule has 0 saturated heterocycles. The molecule has 2 N–H and O–H groups in total. The van der Waals surface area contributed by atoms with Crippen molar-refractivity contribution >= 4 is 28.9 Å². The van der Waals surface area contributed by atoms with E-state index in [4.69, 9.17) is 10.2 Å². The molecule has 0 heterocycles. The van der Waals surface area contributed by atoms with E-state index >= 15 is 0 Å². The molecule has 0 radical (unpaired) electrons. The minimum atomic E-state index is -1.09. The van der Waals surface area contributed by atoms with E-state index in [2.05, 4.69) is 0 Å². The topological polar surface area (TPSA) is 77.8 Å². The molecule has 0 aliphatic carbocycles. The van der Waals surface area contributed by atoms with Crippen LogP contribution in [0.2, 0.25) is 0 Å². The van der Waals surface area contributed by atoms with Crippen LogP contribution in [-0.4, -0.2) is 47.2 Å². The number of aliphatic carboxylic acids is 2. The third-order valence-corrected chi connectivity index (χ3v) is 2.11. The molecule has 0 bridgehead atoms. The molecule has 0 spiro atoms. The molecule has 90 valence electrons. The minimum Gasteiger partial charge on any atom is -0.481 e. The van der Waals surface area contributed by atoms with Crippen LogP contribution in [0.15, 0.2) is 0 Å². The Balaban J connectivity index is 0. The maximum atomic E-state index is 10.9. The lowest BCUT2D eigenvalue weighted by Crippen LogP contribution is -2.45. The minimum absolute atomic E-state index is 0. The summed E-state index contributed by atoms with van der Waals surface area (Å²) in [5, 5.41) is 17.8. The van der Waals surface area contributed by atoms with E-state index in [1.807, 2.05) is 6.92 Å². The van der Waals surface area contributed by atoms with Gasteiger partial charge in [0.25, 0.3) is 0 Å². The molecule has 0 aromatic heterocycles. The molecule has 0 aromatic carbocycles. The maximum Gasteiger partial charge on any atom is 0.321 e. The predicted molar refractivity (Wildman–Crippen MR) is 61.5 cm³/mol. The second-order valence-electron chi connectivity index (χ2n) is 3.48. The highest BCUT2D eigenvalue weighted by Crippen LogP contribution is 2.16. The zero-order valence-electron chi connectivity index (χ0n) is 9.14. The Morgan fingerprint density at radius 3 is 1.87 bits per heavy atom. The molecular weight excluding hydrogens is 266 g/mol. The summed E-state index contributed by atoms with van der Waals surface area (Å²) in [6.07, 6.45) is 1.04. The fourth-order valence-corrected chi connectivity index (χ4v) is 1.48. The van der Waals surface area contributed by atoms with Gasteiger partial charge in [0.1, 0.15) is 6.04 Å². The van der Waals surface area contributed by atoms with Crippen molar-refractivity contribution in [3.63, 3.8) is 0 Å². The fraction of sp³-hybridized carbons (Fsp3) is 0.778. The Labute approximate surface area is 99.8 Å². The van der Waals surface area contributed by atoms with Crippen molar-refractivity contribution in [3.05, 3.63) is 0 Å². The van der Waals surface area contributed by atoms with E-state index in [1.54, 1.807) is 14.1 Å². The van der Waals surface area contributed by atoms with Gasteiger partial charge in [-0.15, -0.1) is 17.0 Å². The van der Waals surface area contributed by atoms with Crippen LogP contribution in [0.25, 0.3) is 0 Å². The number of carboxylic acids is 2. The lowest BCUT2D eigenvalue weighted by atomic mass is 9.94. The molecule has 0 aromatic rings. The van der Waals surface area contributed by atoms with Crippen molar-refractivity contribution in [3.8, 4) is 0 Å². The standard InChI is InChI=1S/C9H17NO4.BrH/c1-4-5-6(8(11)12)7(9(13)14)10(2)3;/h6-7H,4-5H2,1-3H3,(H,11,12)(H,13,14);1H/t6-,7-;/m0./s1. The normalized spacial score (nSPS) is 14.1. The summed E-state index contributed by atoms with van der Waals surface area (Å²) in [5.74, 6) is -2.98. The molecule has 0 saturated carbocycles. The van der Waals surface area contributed by atoms with E-state index in [9.17, 15) is 9.59 Å². The fourth-order valence-electron chi connectivity index (χ4n) is 1.48. The Bertz CT molecular complexity index is 220. The number of rotatable bonds is 6. The number of nitrogens with zero attached hydrogens (tertiary/aromatic N) is 1. The molecule has 0 aliphatic heterocycles. The summed E-state index contributed by atoms with van der Waals surface area (Å²) in [4.78, 5) is 23.1. The first kappa shape index (κ1) is 16.8. The van der Waals surface area contributed by atoms with Crippen molar-refractivity contribution in [1.29, 1.82) is 0 Å². The SMILES string of the molecule is Br.CCC[C@H](C(=O)O)[C@@H](C(=O)O)N(C)C. The van der Waals surface area contributed by atoms with E-state index in [-0.39, 0.29) is 17.0 Å². The first-order valence-corrected chi connectivity index (χ1v) is 4.53. The molecular formula is C9H18BrNO4. The monoisotopic (exact) mass is 283 g/mol. The van der Waals surface area contributed by atoms with Gasteiger partial charge in [0.05, 0.1) is 5.92 Å². The summed E-state index contributed by atoms with van der Waals surface area (Å²) in [6, 6.07) is -0.951. The highest BCUT2D eigenvalue weighted by molar-refractivity contribution is 8.93. The number of hydrogen-bond acceptors (Lipinski definition) is 3. The average Bonchev–Trinajstić information content (AvgIpc) is 2.01. The Hall–Kier alpha value is -0.620. The molecule has 0 aliphatic rings. The maximum absolute atomic E-state index is 10.9. The highest BCUT2D eigenvalue weighted by Gasteiger charge is 2.34. The van der Waals surface area contributed by atoms with Crippen LogP contribution in [0.3, 0.4) is 0 Å². The van der Waals surface area contributed by atoms with Crippen LogP contribution in [0.1, 0.15) is 19.8 Å².